The van der Waals surface area contributed by atoms with E-state index in [2.05, 4.69) is 23.7 Å². The predicted molar refractivity (Wildman–Crippen MR) is 148 cm³/mol. The molecule has 0 radical (unpaired) electrons. The molecule has 2 aromatic heterocycles. The minimum absolute atomic E-state index is 0.0351. The quantitative estimate of drug-likeness (QED) is 0.351. The number of benzene rings is 1. The summed E-state index contributed by atoms with van der Waals surface area (Å²) in [6.45, 7) is 4.79. The number of carbonyl (C=O) groups is 1. The molecule has 1 fully saturated rings. The van der Waals surface area contributed by atoms with Crippen LogP contribution < -0.4 is 9.46 Å². The van der Waals surface area contributed by atoms with Gasteiger partial charge in [0.05, 0.1) is 18.0 Å². The van der Waals surface area contributed by atoms with E-state index in [9.17, 15) is 17.6 Å². The summed E-state index contributed by atoms with van der Waals surface area (Å²) in [5.41, 5.74) is 2.49. The first-order valence-corrected chi connectivity index (χ1v) is 15.6. The Labute approximate surface area is 241 Å². The number of fused-ring (bicyclic) bond motifs is 1. The van der Waals surface area contributed by atoms with E-state index in [1.54, 1.807) is 19.2 Å². The summed E-state index contributed by atoms with van der Waals surface area (Å²) >= 11 is 7.34. The topological polar surface area (TPSA) is 112 Å². The average molecular weight is 609 g/mol. The highest BCUT2D eigenvalue weighted by molar-refractivity contribution is 7.99. The van der Waals surface area contributed by atoms with Crippen molar-refractivity contribution >= 4 is 39.3 Å². The molecule has 1 amide bonds. The third-order valence-corrected chi connectivity index (χ3v) is 9.08. The number of rotatable bonds is 10. The molecule has 1 aromatic carbocycles. The molecule has 13 heteroatoms. The highest BCUT2D eigenvalue weighted by atomic mass is 35.5. The van der Waals surface area contributed by atoms with E-state index in [0.29, 0.717) is 18.8 Å². The van der Waals surface area contributed by atoms with E-state index in [4.69, 9.17) is 26.1 Å². The summed E-state index contributed by atoms with van der Waals surface area (Å²) in [6, 6.07) is 7.75. The van der Waals surface area contributed by atoms with Gasteiger partial charge in [0.1, 0.15) is 23.6 Å². The highest BCUT2D eigenvalue weighted by Crippen LogP contribution is 2.43. The second kappa shape index (κ2) is 11.7. The van der Waals surface area contributed by atoms with Gasteiger partial charge in [0, 0.05) is 29.7 Å². The summed E-state index contributed by atoms with van der Waals surface area (Å²) in [5.74, 6) is -0.367. The molecule has 0 bridgehead atoms. The van der Waals surface area contributed by atoms with Crippen LogP contribution in [0, 0.1) is 11.7 Å². The zero-order chi connectivity index (χ0) is 28.6. The second-order valence-electron chi connectivity index (χ2n) is 10.4. The highest BCUT2D eigenvalue weighted by Gasteiger charge is 2.32. The Morgan fingerprint density at radius 2 is 2.08 bits per heavy atom. The molecule has 40 heavy (non-hydrogen) atoms. The molecular formula is C27H30ClFN4O5S2. The smallest absolute Gasteiger partial charge is 0.283 e. The lowest BCUT2D eigenvalue weighted by molar-refractivity contribution is -0.118. The lowest BCUT2D eigenvalue weighted by atomic mass is 9.94. The molecule has 1 atom stereocenters. The van der Waals surface area contributed by atoms with Gasteiger partial charge in [-0.15, -0.1) is 0 Å². The van der Waals surface area contributed by atoms with Crippen LogP contribution in [0.1, 0.15) is 49.4 Å². The van der Waals surface area contributed by atoms with Crippen LogP contribution in [0.5, 0.6) is 5.88 Å². The van der Waals surface area contributed by atoms with Crippen molar-refractivity contribution in [2.24, 2.45) is 5.92 Å². The molecule has 214 valence electrons. The maximum Gasteiger partial charge on any atom is 0.283 e. The summed E-state index contributed by atoms with van der Waals surface area (Å²) in [6.07, 6.45) is 2.19. The summed E-state index contributed by atoms with van der Waals surface area (Å²) < 4.78 is 54.2. The number of nitrogens with zero attached hydrogens (tertiary/aromatic N) is 3. The molecule has 3 aromatic rings. The van der Waals surface area contributed by atoms with Crippen LogP contribution in [-0.4, -0.2) is 48.9 Å². The van der Waals surface area contributed by atoms with E-state index < -0.39 is 21.7 Å². The summed E-state index contributed by atoms with van der Waals surface area (Å²) in [5, 5.41) is 4.58. The first-order valence-electron chi connectivity index (χ1n) is 13.0. The van der Waals surface area contributed by atoms with Gasteiger partial charge in [-0.3, -0.25) is 4.79 Å². The van der Waals surface area contributed by atoms with Crippen LogP contribution in [0.3, 0.4) is 0 Å². The van der Waals surface area contributed by atoms with Crippen LogP contribution in [0.25, 0.3) is 0 Å². The molecule has 1 N–H and O–H groups in total. The summed E-state index contributed by atoms with van der Waals surface area (Å²) in [7, 11) is -2.68. The molecule has 1 aliphatic heterocycles. The van der Waals surface area contributed by atoms with Gasteiger partial charge in [-0.1, -0.05) is 37.2 Å². The minimum Gasteiger partial charge on any atom is -0.475 e. The number of aromatic nitrogens is 3. The predicted octanol–water partition coefficient (Wildman–Crippen LogP) is 4.75. The number of amides is 1. The Balaban J connectivity index is 1.39. The SMILES string of the molecule is CO[C@H]1COc2cc(S(=O)(=O)NC(=O)Cc3c(CC(C)C)cc(Sc4ccc(F)c(Cl)c4)nc3C3CC3)nn2C1. The Kier molecular flexibility index (Phi) is 8.42. The molecule has 0 spiro atoms. The Hall–Kier alpha value is -2.67. The first kappa shape index (κ1) is 28.8. The number of carbonyl (C=O) groups excluding carboxylic acids is 1. The zero-order valence-corrected chi connectivity index (χ0v) is 24.7. The van der Waals surface area contributed by atoms with Crippen LogP contribution in [0.15, 0.2) is 45.3 Å². The van der Waals surface area contributed by atoms with Gasteiger partial charge in [-0.2, -0.15) is 13.5 Å². The van der Waals surface area contributed by atoms with Gasteiger partial charge in [0.25, 0.3) is 10.0 Å². The van der Waals surface area contributed by atoms with Crippen molar-refractivity contribution in [3.8, 4) is 5.88 Å². The van der Waals surface area contributed by atoms with E-state index in [1.165, 1.54) is 28.6 Å². The van der Waals surface area contributed by atoms with Gasteiger partial charge in [0.2, 0.25) is 16.8 Å². The van der Waals surface area contributed by atoms with Crippen molar-refractivity contribution in [3.05, 3.63) is 58.0 Å². The maximum atomic E-state index is 13.7. The molecule has 3 heterocycles. The molecule has 2 aliphatic rings. The number of hydrogen-bond acceptors (Lipinski definition) is 8. The monoisotopic (exact) mass is 608 g/mol. The lowest BCUT2D eigenvalue weighted by Gasteiger charge is -2.22. The molecule has 0 saturated heterocycles. The van der Waals surface area contributed by atoms with Crippen molar-refractivity contribution in [2.45, 2.75) is 73.0 Å². The van der Waals surface area contributed by atoms with Crippen molar-refractivity contribution in [1.82, 2.24) is 19.5 Å². The van der Waals surface area contributed by atoms with Crippen molar-refractivity contribution in [3.63, 3.8) is 0 Å². The molecule has 9 nitrogen and oxygen atoms in total. The fraction of sp³-hybridized carbons (Fsp3) is 0.444. The van der Waals surface area contributed by atoms with Crippen molar-refractivity contribution in [1.29, 1.82) is 0 Å². The number of ether oxygens (including phenoxy) is 2. The Morgan fingerprint density at radius 3 is 2.75 bits per heavy atom. The standard InChI is InChI=1S/C27H30ClFN4O5S2/c1-15(2)8-17-9-24(39-19-6-7-22(29)21(28)10-19)30-27(16-4-5-16)20(17)11-23(34)32-40(35,36)25-12-26-33(31-25)13-18(37-3)14-38-26/h6-7,9-10,12,15-16,18H,4-5,8,11,13-14H2,1-3H3,(H,32,34)/t18-/m1/s1. The normalized spacial score (nSPS) is 17.0. The summed E-state index contributed by atoms with van der Waals surface area (Å²) in [4.78, 5) is 18.8. The number of sulfonamides is 1. The lowest BCUT2D eigenvalue weighted by Crippen LogP contribution is -2.33. The first-order chi connectivity index (χ1) is 19.0. The van der Waals surface area contributed by atoms with Gasteiger partial charge in [-0.05, 0) is 60.6 Å². The number of nitrogens with one attached hydrogen (secondary N) is 1. The van der Waals surface area contributed by atoms with Crippen molar-refractivity contribution in [2.75, 3.05) is 13.7 Å². The Morgan fingerprint density at radius 1 is 1.30 bits per heavy atom. The fourth-order valence-corrected chi connectivity index (χ4v) is 6.66. The van der Waals surface area contributed by atoms with E-state index in [1.807, 2.05) is 6.07 Å². The van der Waals surface area contributed by atoms with Crippen LogP contribution in [0.4, 0.5) is 4.39 Å². The molecule has 1 saturated carbocycles. The van der Waals surface area contributed by atoms with Gasteiger partial charge in [0.15, 0.2) is 0 Å². The molecule has 5 rings (SSSR count). The van der Waals surface area contributed by atoms with Crippen LogP contribution in [0.2, 0.25) is 5.02 Å². The van der Waals surface area contributed by atoms with E-state index in [0.717, 1.165) is 39.6 Å². The number of pyridine rings is 1. The molecule has 0 unspecified atom stereocenters. The van der Waals surface area contributed by atoms with E-state index >= 15 is 0 Å². The molecule has 1 aliphatic carbocycles. The van der Waals surface area contributed by atoms with E-state index in [-0.39, 0.29) is 41.0 Å². The second-order valence-corrected chi connectivity index (χ2v) is 13.5. The third kappa shape index (κ3) is 6.62. The fourth-order valence-electron chi connectivity index (χ4n) is 4.57. The van der Waals surface area contributed by atoms with Crippen LogP contribution in [-0.2, 0) is 38.9 Å². The number of methoxy groups -OCH3 is 1. The van der Waals surface area contributed by atoms with Crippen LogP contribution >= 0.6 is 23.4 Å². The molecular weight excluding hydrogens is 579 g/mol. The largest absolute Gasteiger partial charge is 0.475 e. The average Bonchev–Trinajstić information content (AvgIpc) is 3.64. The Bertz CT molecular complexity index is 1540. The van der Waals surface area contributed by atoms with Crippen molar-refractivity contribution < 1.29 is 27.1 Å². The van der Waals surface area contributed by atoms with Gasteiger partial charge >= 0.3 is 0 Å². The maximum absolute atomic E-state index is 13.7. The number of halogens is 2. The third-order valence-electron chi connectivity index (χ3n) is 6.64. The minimum atomic E-state index is -4.23. The zero-order valence-electron chi connectivity index (χ0n) is 22.3. The number of hydrogen-bond donors (Lipinski definition) is 1. The van der Waals surface area contributed by atoms with Gasteiger partial charge in [-0.25, -0.2) is 18.8 Å². The van der Waals surface area contributed by atoms with Gasteiger partial charge < -0.3 is 9.47 Å².